The molecule has 0 spiro atoms. The predicted octanol–water partition coefficient (Wildman–Crippen LogP) is 2.67. The van der Waals surface area contributed by atoms with E-state index in [1.807, 2.05) is 18.2 Å². The van der Waals surface area contributed by atoms with E-state index in [2.05, 4.69) is 20.4 Å². The summed E-state index contributed by atoms with van der Waals surface area (Å²) in [4.78, 5) is 31.8. The number of nitrogens with zero attached hydrogens (tertiary/aromatic N) is 3. The molecule has 2 N–H and O–H groups in total. The zero-order chi connectivity index (χ0) is 21.8. The van der Waals surface area contributed by atoms with Crippen molar-refractivity contribution in [1.29, 1.82) is 0 Å². The number of carbonyl (C=O) groups is 1. The number of nitrogens with one attached hydrogen (secondary N) is 2. The number of rotatable bonds is 7. The number of thioether (sulfide) groups is 1. The predicted molar refractivity (Wildman–Crippen MR) is 115 cm³/mol. The number of aromatic nitrogens is 4. The molecule has 0 aliphatic carbocycles. The number of methoxy groups -OCH3 is 1. The molecule has 0 unspecified atom stereocenters. The van der Waals surface area contributed by atoms with Crippen LogP contribution in [0.5, 0.6) is 5.75 Å². The molecule has 31 heavy (non-hydrogen) atoms. The first kappa shape index (κ1) is 20.6. The fourth-order valence-electron chi connectivity index (χ4n) is 2.94. The van der Waals surface area contributed by atoms with Crippen LogP contribution in [-0.4, -0.2) is 38.5 Å². The van der Waals surface area contributed by atoms with Gasteiger partial charge >= 0.3 is 0 Å². The van der Waals surface area contributed by atoms with E-state index in [-0.39, 0.29) is 29.6 Å². The Hall–Kier alpha value is -3.66. The molecule has 0 radical (unpaired) electrons. The van der Waals surface area contributed by atoms with Crippen molar-refractivity contribution in [3.8, 4) is 11.4 Å². The van der Waals surface area contributed by atoms with Gasteiger partial charge in [-0.05, 0) is 29.8 Å². The van der Waals surface area contributed by atoms with Gasteiger partial charge in [0.2, 0.25) is 5.91 Å². The number of fused-ring (bicyclic) bond motifs is 1. The second kappa shape index (κ2) is 9.00. The Morgan fingerprint density at radius 3 is 2.77 bits per heavy atom. The van der Waals surface area contributed by atoms with Gasteiger partial charge < -0.3 is 15.0 Å². The van der Waals surface area contributed by atoms with E-state index in [1.54, 1.807) is 25.3 Å². The van der Waals surface area contributed by atoms with Gasteiger partial charge in [-0.1, -0.05) is 36.0 Å². The standard InChI is InChI=1S/C21H18FN5O3S/c1-30-17-5-3-2-4-16(17)27-19-15(11-24-27)20(29)26-21(25-19)31-12-18(28)23-10-13-6-8-14(22)9-7-13/h2-9,11H,10,12H2,1H3,(H,23,28)(H,25,26,29). The molecule has 0 bridgehead atoms. The molecule has 0 aliphatic rings. The highest BCUT2D eigenvalue weighted by Gasteiger charge is 2.15. The summed E-state index contributed by atoms with van der Waals surface area (Å²) >= 11 is 1.10. The highest BCUT2D eigenvalue weighted by atomic mass is 32.2. The Bertz CT molecular complexity index is 1290. The molecule has 0 saturated carbocycles. The molecular weight excluding hydrogens is 421 g/mol. The van der Waals surface area contributed by atoms with E-state index < -0.39 is 0 Å². The Morgan fingerprint density at radius 2 is 2.00 bits per heavy atom. The van der Waals surface area contributed by atoms with E-state index in [0.29, 0.717) is 27.6 Å². The molecule has 1 amide bonds. The topological polar surface area (TPSA) is 102 Å². The molecule has 0 saturated heterocycles. The minimum Gasteiger partial charge on any atom is -0.494 e. The number of halogens is 1. The molecule has 8 nitrogen and oxygen atoms in total. The van der Waals surface area contributed by atoms with E-state index in [1.165, 1.54) is 23.0 Å². The molecule has 158 valence electrons. The number of benzene rings is 2. The second-order valence-electron chi connectivity index (χ2n) is 6.53. The van der Waals surface area contributed by atoms with Crippen LogP contribution in [0.3, 0.4) is 0 Å². The van der Waals surface area contributed by atoms with Gasteiger partial charge in [-0.15, -0.1) is 0 Å². The van der Waals surface area contributed by atoms with Crippen LogP contribution < -0.4 is 15.6 Å². The molecule has 4 aromatic rings. The number of hydrogen-bond acceptors (Lipinski definition) is 6. The lowest BCUT2D eigenvalue weighted by atomic mass is 10.2. The smallest absolute Gasteiger partial charge is 0.262 e. The number of hydrogen-bond donors (Lipinski definition) is 2. The van der Waals surface area contributed by atoms with Gasteiger partial charge in [-0.25, -0.2) is 14.1 Å². The summed E-state index contributed by atoms with van der Waals surface area (Å²) in [6, 6.07) is 13.2. The van der Waals surface area contributed by atoms with Crippen LogP contribution in [0.25, 0.3) is 16.7 Å². The lowest BCUT2D eigenvalue weighted by molar-refractivity contribution is -0.118. The minimum absolute atomic E-state index is 0.0540. The van der Waals surface area contributed by atoms with E-state index in [4.69, 9.17) is 4.74 Å². The van der Waals surface area contributed by atoms with E-state index in [0.717, 1.165) is 17.3 Å². The number of amides is 1. The summed E-state index contributed by atoms with van der Waals surface area (Å²) in [6.45, 7) is 0.281. The Kier molecular flexibility index (Phi) is 5.99. The van der Waals surface area contributed by atoms with E-state index in [9.17, 15) is 14.0 Å². The van der Waals surface area contributed by atoms with Gasteiger partial charge in [0.1, 0.15) is 22.6 Å². The number of H-pyrrole nitrogens is 1. The van der Waals surface area contributed by atoms with Crippen LogP contribution in [-0.2, 0) is 11.3 Å². The molecule has 4 rings (SSSR count). The molecule has 10 heteroatoms. The fourth-order valence-corrected chi connectivity index (χ4v) is 3.62. The zero-order valence-corrected chi connectivity index (χ0v) is 17.3. The summed E-state index contributed by atoms with van der Waals surface area (Å²) < 4.78 is 19.9. The van der Waals surface area contributed by atoms with Gasteiger partial charge in [0.25, 0.3) is 5.56 Å². The SMILES string of the molecule is COc1ccccc1-n1ncc2c(=O)[nH]c(SCC(=O)NCc3ccc(F)cc3)nc21. The normalized spacial score (nSPS) is 10.9. The third kappa shape index (κ3) is 4.58. The van der Waals surface area contributed by atoms with Crippen LogP contribution in [0, 0.1) is 5.82 Å². The fraction of sp³-hybridized carbons (Fsp3) is 0.143. The van der Waals surface area contributed by atoms with Gasteiger partial charge in [0, 0.05) is 6.54 Å². The van der Waals surface area contributed by atoms with Crippen LogP contribution in [0.2, 0.25) is 0 Å². The maximum atomic E-state index is 13.0. The third-order valence-corrected chi connectivity index (χ3v) is 5.35. The van der Waals surface area contributed by atoms with Crippen molar-refractivity contribution in [2.24, 2.45) is 0 Å². The van der Waals surface area contributed by atoms with E-state index >= 15 is 0 Å². The van der Waals surface area contributed by atoms with Crippen molar-refractivity contribution in [1.82, 2.24) is 25.1 Å². The maximum Gasteiger partial charge on any atom is 0.262 e. The zero-order valence-electron chi connectivity index (χ0n) is 16.5. The van der Waals surface area contributed by atoms with Crippen molar-refractivity contribution >= 4 is 28.7 Å². The largest absolute Gasteiger partial charge is 0.494 e. The third-order valence-electron chi connectivity index (χ3n) is 4.47. The number of carbonyl (C=O) groups excluding carboxylic acids is 1. The molecule has 0 fully saturated rings. The average Bonchev–Trinajstić information content (AvgIpc) is 3.21. The summed E-state index contributed by atoms with van der Waals surface area (Å²) in [6.07, 6.45) is 1.44. The molecule has 0 aliphatic heterocycles. The first-order chi connectivity index (χ1) is 15.0. The van der Waals surface area contributed by atoms with Gasteiger partial charge in [-0.3, -0.25) is 9.59 Å². The van der Waals surface area contributed by atoms with Crippen LogP contribution >= 0.6 is 11.8 Å². The van der Waals surface area contributed by atoms with Crippen molar-refractivity contribution in [2.45, 2.75) is 11.7 Å². The van der Waals surface area contributed by atoms with Crippen molar-refractivity contribution < 1.29 is 13.9 Å². The lowest BCUT2D eigenvalue weighted by Crippen LogP contribution is -2.24. The molecule has 2 heterocycles. The monoisotopic (exact) mass is 439 g/mol. The number of aromatic amines is 1. The number of para-hydroxylation sites is 2. The average molecular weight is 439 g/mol. The highest BCUT2D eigenvalue weighted by molar-refractivity contribution is 7.99. The van der Waals surface area contributed by atoms with Crippen molar-refractivity contribution in [2.75, 3.05) is 12.9 Å². The summed E-state index contributed by atoms with van der Waals surface area (Å²) in [7, 11) is 1.55. The minimum atomic E-state index is -0.347. The van der Waals surface area contributed by atoms with Gasteiger partial charge in [0.15, 0.2) is 10.8 Å². The van der Waals surface area contributed by atoms with Crippen LogP contribution in [0.1, 0.15) is 5.56 Å². The molecule has 2 aromatic carbocycles. The first-order valence-electron chi connectivity index (χ1n) is 9.30. The summed E-state index contributed by atoms with van der Waals surface area (Å²) in [5, 5.41) is 7.66. The van der Waals surface area contributed by atoms with Crippen LogP contribution in [0.15, 0.2) is 64.7 Å². The van der Waals surface area contributed by atoms with Crippen molar-refractivity contribution in [3.05, 3.63) is 76.5 Å². The second-order valence-corrected chi connectivity index (χ2v) is 7.49. The van der Waals surface area contributed by atoms with Crippen molar-refractivity contribution in [3.63, 3.8) is 0 Å². The maximum absolute atomic E-state index is 13.0. The summed E-state index contributed by atoms with van der Waals surface area (Å²) in [5.41, 5.74) is 1.45. The highest BCUT2D eigenvalue weighted by Crippen LogP contribution is 2.24. The Balaban J connectivity index is 1.50. The van der Waals surface area contributed by atoms with Gasteiger partial charge in [-0.2, -0.15) is 5.10 Å². The Labute approximate surface area is 180 Å². The lowest BCUT2D eigenvalue weighted by Gasteiger charge is -2.09. The number of ether oxygens (including phenoxy) is 1. The van der Waals surface area contributed by atoms with Crippen LogP contribution in [0.4, 0.5) is 4.39 Å². The first-order valence-corrected chi connectivity index (χ1v) is 10.3. The Morgan fingerprint density at radius 1 is 1.23 bits per heavy atom. The summed E-state index contributed by atoms with van der Waals surface area (Å²) in [5.74, 6) is 0.0704. The molecular formula is C21H18FN5O3S. The van der Waals surface area contributed by atoms with Gasteiger partial charge in [0.05, 0.1) is 19.1 Å². The molecule has 0 atom stereocenters. The quantitative estimate of drug-likeness (QED) is 0.339. The molecule has 2 aromatic heterocycles.